The molecule has 2 N–H and O–H groups in total. The normalized spacial score (nSPS) is 11.0. The van der Waals surface area contributed by atoms with Gasteiger partial charge in [0.05, 0.1) is 12.8 Å². The van der Waals surface area contributed by atoms with Gasteiger partial charge >= 0.3 is 17.8 Å². The van der Waals surface area contributed by atoms with Crippen molar-refractivity contribution in [2.75, 3.05) is 12.4 Å². The predicted molar refractivity (Wildman–Crippen MR) is 127 cm³/mol. The molecule has 10 heteroatoms. The number of benzene rings is 2. The number of carbonyl (C=O) groups is 3. The molecular weight excluding hydrogens is 466 g/mol. The third kappa shape index (κ3) is 6.18. The molecule has 0 aliphatic heterocycles. The zero-order valence-electron chi connectivity index (χ0n) is 18.0. The van der Waals surface area contributed by atoms with Gasteiger partial charge in [0, 0.05) is 16.3 Å². The second kappa shape index (κ2) is 10.8. The fraction of sp³-hybridized carbons (Fsp3) is 0.130. The molecular formula is C23H20ClN3O5S. The van der Waals surface area contributed by atoms with Gasteiger partial charge < -0.3 is 14.8 Å². The van der Waals surface area contributed by atoms with Crippen molar-refractivity contribution >= 4 is 52.1 Å². The largest absolute Gasteiger partial charge is 0.493 e. The Kier molecular flexibility index (Phi) is 7.81. The molecule has 0 aliphatic carbocycles. The summed E-state index contributed by atoms with van der Waals surface area (Å²) in [4.78, 5) is 36.9. The number of hydrogen-bond acceptors (Lipinski definition) is 7. The number of thiophene rings is 1. The molecule has 8 nitrogen and oxygen atoms in total. The lowest BCUT2D eigenvalue weighted by Gasteiger charge is -2.11. The van der Waals surface area contributed by atoms with Crippen molar-refractivity contribution in [3.8, 4) is 11.5 Å². The van der Waals surface area contributed by atoms with E-state index in [1.165, 1.54) is 18.4 Å². The minimum absolute atomic E-state index is 0.243. The molecule has 0 saturated carbocycles. The van der Waals surface area contributed by atoms with E-state index in [-0.39, 0.29) is 5.75 Å². The number of amides is 2. The van der Waals surface area contributed by atoms with Gasteiger partial charge in [0.15, 0.2) is 11.5 Å². The number of anilines is 1. The fourth-order valence-corrected chi connectivity index (χ4v) is 3.41. The lowest BCUT2D eigenvalue weighted by Crippen LogP contribution is -2.32. The maximum atomic E-state index is 12.2. The van der Waals surface area contributed by atoms with Crippen LogP contribution in [0.3, 0.4) is 0 Å². The van der Waals surface area contributed by atoms with Crippen LogP contribution in [0.15, 0.2) is 59.0 Å². The molecule has 0 saturated heterocycles. The Bertz CT molecular complexity index is 1220. The average Bonchev–Trinajstić information content (AvgIpc) is 3.35. The Morgan fingerprint density at radius 1 is 1.03 bits per heavy atom. The molecule has 3 aromatic rings. The quantitative estimate of drug-likeness (QED) is 0.177. The number of carbonyl (C=O) groups excluding carboxylic acids is 3. The summed E-state index contributed by atoms with van der Waals surface area (Å²) in [5.74, 6) is -1.77. The summed E-state index contributed by atoms with van der Waals surface area (Å²) in [7, 11) is 1.44. The Balaban J connectivity index is 1.65. The molecule has 0 aliphatic rings. The summed E-state index contributed by atoms with van der Waals surface area (Å²) in [5.41, 5.74) is 4.45. The van der Waals surface area contributed by atoms with E-state index in [2.05, 4.69) is 15.8 Å². The van der Waals surface area contributed by atoms with E-state index in [0.29, 0.717) is 32.6 Å². The number of esters is 1. The molecule has 0 radical (unpaired) electrons. The smallest absolute Gasteiger partial charge is 0.353 e. The summed E-state index contributed by atoms with van der Waals surface area (Å²) in [6.45, 7) is 3.47. The summed E-state index contributed by atoms with van der Waals surface area (Å²) in [5, 5.41) is 8.67. The zero-order valence-corrected chi connectivity index (χ0v) is 19.5. The molecule has 0 fully saturated rings. The van der Waals surface area contributed by atoms with E-state index in [4.69, 9.17) is 21.1 Å². The summed E-state index contributed by atoms with van der Waals surface area (Å²) in [6.07, 6.45) is 0. The first-order valence-electron chi connectivity index (χ1n) is 9.64. The maximum Gasteiger partial charge on any atom is 0.353 e. The maximum absolute atomic E-state index is 12.2. The summed E-state index contributed by atoms with van der Waals surface area (Å²) < 4.78 is 10.7. The Hall–Kier alpha value is -3.69. The monoisotopic (exact) mass is 485 g/mol. The van der Waals surface area contributed by atoms with E-state index < -0.39 is 17.8 Å². The molecule has 0 bridgehead atoms. The fourth-order valence-electron chi connectivity index (χ4n) is 2.63. The third-order valence-electron chi connectivity index (χ3n) is 4.47. The number of methoxy groups -OCH3 is 1. The minimum atomic E-state index is -0.945. The molecule has 1 heterocycles. The number of aryl methyl sites for hydroxylation is 1. The van der Waals surface area contributed by atoms with Gasteiger partial charge in [-0.05, 0) is 61.2 Å². The Labute approximate surface area is 199 Å². The molecule has 1 aromatic heterocycles. The molecule has 0 spiro atoms. The van der Waals surface area contributed by atoms with Crippen molar-refractivity contribution in [3.05, 3.63) is 74.9 Å². The van der Waals surface area contributed by atoms with Crippen molar-refractivity contribution in [3.63, 3.8) is 0 Å². The van der Waals surface area contributed by atoms with E-state index in [9.17, 15) is 14.4 Å². The standard InChI is InChI=1S/C23H20ClN3O5S/c1-13-6-8-16(12-17(13)24)25-21(28)22(29)27-26-14(2)15-7-9-18(19(11-15)31-3)32-23(30)20-5-4-10-33-20/h4-12H,1-3H3,(H,25,28)(H,27,29)/b26-14+. The number of nitrogens with one attached hydrogen (secondary N) is 2. The van der Waals surface area contributed by atoms with Gasteiger partial charge in [0.25, 0.3) is 0 Å². The highest BCUT2D eigenvalue weighted by Crippen LogP contribution is 2.29. The number of rotatable bonds is 6. The lowest BCUT2D eigenvalue weighted by atomic mass is 10.1. The third-order valence-corrected chi connectivity index (χ3v) is 5.72. The van der Waals surface area contributed by atoms with Gasteiger partial charge in [-0.15, -0.1) is 11.3 Å². The SMILES string of the molecule is COc1cc(/C(C)=N/NC(=O)C(=O)Nc2ccc(C)c(Cl)c2)ccc1OC(=O)c1cccs1. The lowest BCUT2D eigenvalue weighted by molar-refractivity contribution is -0.136. The predicted octanol–water partition coefficient (Wildman–Crippen LogP) is 4.42. The van der Waals surface area contributed by atoms with Crippen LogP contribution < -0.4 is 20.2 Å². The highest BCUT2D eigenvalue weighted by Gasteiger charge is 2.16. The van der Waals surface area contributed by atoms with Crippen molar-refractivity contribution in [1.29, 1.82) is 0 Å². The first kappa shape index (κ1) is 24.0. The number of nitrogens with zero attached hydrogens (tertiary/aromatic N) is 1. The minimum Gasteiger partial charge on any atom is -0.493 e. The zero-order chi connectivity index (χ0) is 24.0. The Morgan fingerprint density at radius 2 is 1.82 bits per heavy atom. The van der Waals surface area contributed by atoms with E-state index in [1.54, 1.807) is 60.8 Å². The van der Waals surface area contributed by atoms with E-state index in [0.717, 1.165) is 5.56 Å². The van der Waals surface area contributed by atoms with Crippen molar-refractivity contribution < 1.29 is 23.9 Å². The molecule has 2 amide bonds. The first-order valence-corrected chi connectivity index (χ1v) is 10.9. The van der Waals surface area contributed by atoms with Gasteiger partial charge in [-0.25, -0.2) is 10.2 Å². The molecule has 170 valence electrons. The molecule has 0 unspecified atom stereocenters. The second-order valence-electron chi connectivity index (χ2n) is 6.79. The van der Waals surface area contributed by atoms with Gasteiger partial charge in [-0.2, -0.15) is 5.10 Å². The van der Waals surface area contributed by atoms with Gasteiger partial charge in [0.1, 0.15) is 4.88 Å². The van der Waals surface area contributed by atoms with Crippen LogP contribution in [0.4, 0.5) is 5.69 Å². The van der Waals surface area contributed by atoms with Gasteiger partial charge in [0.2, 0.25) is 0 Å². The van der Waals surface area contributed by atoms with Gasteiger partial charge in [-0.1, -0.05) is 23.7 Å². The highest BCUT2D eigenvalue weighted by molar-refractivity contribution is 7.12. The van der Waals surface area contributed by atoms with Crippen molar-refractivity contribution in [2.45, 2.75) is 13.8 Å². The topological polar surface area (TPSA) is 106 Å². The average molecular weight is 486 g/mol. The van der Waals surface area contributed by atoms with Gasteiger partial charge in [-0.3, -0.25) is 9.59 Å². The van der Waals surface area contributed by atoms with Crippen LogP contribution in [0, 0.1) is 6.92 Å². The number of hydrazone groups is 1. The van der Waals surface area contributed by atoms with Crippen LogP contribution in [0.25, 0.3) is 0 Å². The first-order chi connectivity index (χ1) is 15.8. The highest BCUT2D eigenvalue weighted by atomic mass is 35.5. The van der Waals surface area contributed by atoms with Crippen LogP contribution in [0.1, 0.15) is 27.7 Å². The summed E-state index contributed by atoms with van der Waals surface area (Å²) in [6, 6.07) is 13.2. The number of halogens is 1. The van der Waals surface area contributed by atoms with Crippen LogP contribution in [0.5, 0.6) is 11.5 Å². The second-order valence-corrected chi connectivity index (χ2v) is 8.14. The van der Waals surface area contributed by atoms with Crippen LogP contribution in [-0.4, -0.2) is 30.6 Å². The molecule has 3 rings (SSSR count). The number of hydrogen-bond donors (Lipinski definition) is 2. The van der Waals surface area contributed by atoms with Crippen LogP contribution in [0.2, 0.25) is 5.02 Å². The van der Waals surface area contributed by atoms with E-state index >= 15 is 0 Å². The molecule has 33 heavy (non-hydrogen) atoms. The Morgan fingerprint density at radius 3 is 2.48 bits per heavy atom. The van der Waals surface area contributed by atoms with E-state index in [1.807, 2.05) is 6.92 Å². The number of ether oxygens (including phenoxy) is 2. The van der Waals surface area contributed by atoms with Crippen molar-refractivity contribution in [2.24, 2.45) is 5.10 Å². The van der Waals surface area contributed by atoms with Crippen LogP contribution in [-0.2, 0) is 9.59 Å². The van der Waals surface area contributed by atoms with Crippen molar-refractivity contribution in [1.82, 2.24) is 5.43 Å². The van der Waals surface area contributed by atoms with Crippen LogP contribution >= 0.6 is 22.9 Å². The summed E-state index contributed by atoms with van der Waals surface area (Å²) >= 11 is 7.30. The molecule has 2 aromatic carbocycles. The molecule has 0 atom stereocenters.